The van der Waals surface area contributed by atoms with Gasteiger partial charge in [0, 0.05) is 12.6 Å². The van der Waals surface area contributed by atoms with Gasteiger partial charge in [-0.05, 0) is 38.2 Å². The summed E-state index contributed by atoms with van der Waals surface area (Å²) in [5.41, 5.74) is -0.641. The third-order valence-electron chi connectivity index (χ3n) is 6.61. The summed E-state index contributed by atoms with van der Waals surface area (Å²) in [6.07, 6.45) is 16.1. The number of aliphatic hydroxyl groups is 3. The highest BCUT2D eigenvalue weighted by Crippen LogP contribution is 2.28. The molecule has 1 fully saturated rings. The van der Waals surface area contributed by atoms with E-state index in [0.29, 0.717) is 6.42 Å². The van der Waals surface area contributed by atoms with Crippen LogP contribution in [-0.4, -0.2) is 62.3 Å². The largest absolute Gasteiger partial charge is 0.394 e. The molecule has 0 spiro atoms. The first-order chi connectivity index (χ1) is 17.5. The molecule has 2 rings (SSSR count). The number of H-pyrrole nitrogens is 1. The van der Waals surface area contributed by atoms with Crippen LogP contribution in [0.15, 0.2) is 29.2 Å². The molecule has 0 aromatic carbocycles. The van der Waals surface area contributed by atoms with E-state index < -0.39 is 36.8 Å². The van der Waals surface area contributed by atoms with Crippen molar-refractivity contribution in [2.24, 2.45) is 0 Å². The van der Waals surface area contributed by atoms with Crippen LogP contribution in [0.3, 0.4) is 0 Å². The van der Waals surface area contributed by atoms with Crippen LogP contribution >= 0.6 is 0 Å². The number of nitrogens with one attached hydrogen (secondary N) is 1. The molecule has 9 nitrogen and oxygen atoms in total. The summed E-state index contributed by atoms with van der Waals surface area (Å²) >= 11 is 0. The van der Waals surface area contributed by atoms with Gasteiger partial charge in [-0.25, -0.2) is 9.78 Å². The Morgan fingerprint density at radius 3 is 2.19 bits per heavy atom. The lowest BCUT2D eigenvalue weighted by atomic mass is 10.1. The number of carbonyl (C=O) groups excluding carboxylic acids is 1. The normalized spacial score (nSPS) is 21.9. The van der Waals surface area contributed by atoms with E-state index in [0.717, 1.165) is 37.0 Å². The van der Waals surface area contributed by atoms with Crippen molar-refractivity contribution in [1.82, 2.24) is 9.97 Å². The standard InChI is InChI=1S/C27H45N3O6/c1-2-3-4-5-6-7-8-9-10-11-12-13-14-15-16-17-23(32)30(22-18-19-28-27(35)29-22)26-25(34)24(33)21(20-31)36-26/h9-10,18-19,21,24-26,31,33-34H,2-8,11-17,20H2,1H3,(H,28,29,35)/t21-,24-,25+,26-/m1/s1. The van der Waals surface area contributed by atoms with Gasteiger partial charge >= 0.3 is 5.69 Å². The quantitative estimate of drug-likeness (QED) is 0.176. The Labute approximate surface area is 214 Å². The number of amides is 1. The van der Waals surface area contributed by atoms with E-state index in [1.807, 2.05) is 0 Å². The zero-order valence-corrected chi connectivity index (χ0v) is 21.7. The number of anilines is 1. The highest BCUT2D eigenvalue weighted by atomic mass is 16.6. The minimum atomic E-state index is -1.42. The molecule has 204 valence electrons. The minimum absolute atomic E-state index is 0.127. The van der Waals surface area contributed by atoms with Crippen LogP contribution in [0.5, 0.6) is 0 Å². The summed E-state index contributed by atoms with van der Waals surface area (Å²) in [6.45, 7) is 1.74. The van der Waals surface area contributed by atoms with Crippen molar-refractivity contribution in [3.8, 4) is 0 Å². The van der Waals surface area contributed by atoms with Crippen molar-refractivity contribution in [3.05, 3.63) is 34.9 Å². The van der Waals surface area contributed by atoms with Crippen LogP contribution in [0, 0.1) is 0 Å². The van der Waals surface area contributed by atoms with Gasteiger partial charge in [0.2, 0.25) is 5.91 Å². The molecule has 4 N–H and O–H groups in total. The van der Waals surface area contributed by atoms with Crippen molar-refractivity contribution >= 4 is 11.7 Å². The van der Waals surface area contributed by atoms with Crippen LogP contribution in [-0.2, 0) is 9.53 Å². The van der Waals surface area contributed by atoms with Gasteiger partial charge in [-0.1, -0.05) is 70.4 Å². The maximum absolute atomic E-state index is 13.1. The van der Waals surface area contributed by atoms with Gasteiger partial charge in [0.25, 0.3) is 0 Å². The smallest absolute Gasteiger partial charge is 0.346 e. The maximum atomic E-state index is 13.1. The number of hydrogen-bond donors (Lipinski definition) is 4. The van der Waals surface area contributed by atoms with Gasteiger partial charge in [0.15, 0.2) is 6.23 Å². The molecular weight excluding hydrogens is 462 g/mol. The van der Waals surface area contributed by atoms with E-state index in [2.05, 4.69) is 29.0 Å². The number of aliphatic hydroxyl groups excluding tert-OH is 3. The van der Waals surface area contributed by atoms with Gasteiger partial charge in [-0.2, -0.15) is 0 Å². The number of nitrogens with zero attached hydrogens (tertiary/aromatic N) is 2. The number of rotatable bonds is 18. The van der Waals surface area contributed by atoms with Gasteiger partial charge in [0.05, 0.1) is 6.61 Å². The number of allylic oxidation sites excluding steroid dienone is 2. The molecule has 0 radical (unpaired) electrons. The predicted octanol–water partition coefficient (Wildman–Crippen LogP) is 3.58. The van der Waals surface area contributed by atoms with E-state index in [4.69, 9.17) is 4.74 Å². The molecule has 1 aliphatic heterocycles. The van der Waals surface area contributed by atoms with Crippen LogP contribution in [0.25, 0.3) is 0 Å². The average Bonchev–Trinajstić information content (AvgIpc) is 3.15. The number of aromatic amines is 1. The summed E-state index contributed by atoms with van der Waals surface area (Å²) in [5, 5.41) is 29.9. The number of aromatic nitrogens is 2. The zero-order chi connectivity index (χ0) is 26.2. The molecule has 36 heavy (non-hydrogen) atoms. The Morgan fingerprint density at radius 2 is 1.61 bits per heavy atom. The van der Waals surface area contributed by atoms with Crippen molar-refractivity contribution in [2.75, 3.05) is 11.5 Å². The average molecular weight is 508 g/mol. The molecule has 1 amide bonds. The number of ether oxygens (including phenoxy) is 1. The Morgan fingerprint density at radius 1 is 1.00 bits per heavy atom. The fraction of sp³-hybridized carbons (Fsp3) is 0.741. The van der Waals surface area contributed by atoms with E-state index in [-0.39, 0.29) is 18.1 Å². The lowest BCUT2D eigenvalue weighted by Gasteiger charge is -2.30. The molecule has 9 heteroatoms. The molecule has 0 bridgehead atoms. The first-order valence-electron chi connectivity index (χ1n) is 13.6. The van der Waals surface area contributed by atoms with Crippen molar-refractivity contribution in [1.29, 1.82) is 0 Å². The van der Waals surface area contributed by atoms with Crippen molar-refractivity contribution in [3.63, 3.8) is 0 Å². The first kappa shape index (κ1) is 30.2. The Kier molecular flexibility index (Phi) is 14.6. The van der Waals surface area contributed by atoms with Crippen LogP contribution in [0.2, 0.25) is 0 Å². The minimum Gasteiger partial charge on any atom is -0.394 e. The lowest BCUT2D eigenvalue weighted by molar-refractivity contribution is -0.123. The third-order valence-corrected chi connectivity index (χ3v) is 6.61. The third kappa shape index (κ3) is 10.1. The van der Waals surface area contributed by atoms with Gasteiger partial charge in [-0.3, -0.25) is 14.7 Å². The fourth-order valence-corrected chi connectivity index (χ4v) is 4.47. The van der Waals surface area contributed by atoms with E-state index in [1.54, 1.807) is 0 Å². The van der Waals surface area contributed by atoms with Crippen LogP contribution < -0.4 is 10.6 Å². The summed E-state index contributed by atoms with van der Waals surface area (Å²) < 4.78 is 5.55. The summed E-state index contributed by atoms with van der Waals surface area (Å²) in [6, 6.07) is 1.44. The summed E-state index contributed by atoms with van der Waals surface area (Å²) in [4.78, 5) is 32.0. The fourth-order valence-electron chi connectivity index (χ4n) is 4.47. The molecule has 1 aliphatic rings. The molecule has 0 unspecified atom stereocenters. The maximum Gasteiger partial charge on any atom is 0.346 e. The molecule has 0 saturated carbocycles. The predicted molar refractivity (Wildman–Crippen MR) is 140 cm³/mol. The van der Waals surface area contributed by atoms with E-state index in [9.17, 15) is 24.9 Å². The second-order valence-corrected chi connectivity index (χ2v) is 9.59. The molecule has 1 aromatic rings. The molecule has 4 atom stereocenters. The summed E-state index contributed by atoms with van der Waals surface area (Å²) in [7, 11) is 0. The molecule has 1 saturated heterocycles. The highest BCUT2D eigenvalue weighted by Gasteiger charge is 2.47. The SMILES string of the molecule is CCCCCCCCC=CCCCCCCCC(=O)N(c1ccnc(=O)[nH]1)[C@@H]1O[C@H](CO)[C@@H](O)[C@@H]1O. The Bertz CT molecular complexity index is 830. The van der Waals surface area contributed by atoms with Crippen LogP contribution in [0.4, 0.5) is 5.82 Å². The summed E-state index contributed by atoms with van der Waals surface area (Å²) in [5.74, 6) is -0.216. The van der Waals surface area contributed by atoms with Crippen LogP contribution in [0.1, 0.15) is 96.8 Å². The zero-order valence-electron chi connectivity index (χ0n) is 21.7. The first-order valence-corrected chi connectivity index (χ1v) is 13.6. The number of carbonyl (C=O) groups is 1. The Hall–Kier alpha value is -2.07. The Balaban J connectivity index is 1.70. The topological polar surface area (TPSA) is 136 Å². The molecule has 0 aliphatic carbocycles. The van der Waals surface area contributed by atoms with Crippen molar-refractivity contribution < 1.29 is 24.9 Å². The highest BCUT2D eigenvalue weighted by molar-refractivity contribution is 5.92. The number of hydrogen-bond acceptors (Lipinski definition) is 7. The molecule has 1 aromatic heterocycles. The van der Waals surface area contributed by atoms with Crippen molar-refractivity contribution in [2.45, 2.75) is 121 Å². The van der Waals surface area contributed by atoms with Gasteiger partial charge in [0.1, 0.15) is 24.1 Å². The lowest BCUT2D eigenvalue weighted by Crippen LogP contribution is -2.48. The number of unbranched alkanes of at least 4 members (excludes halogenated alkanes) is 11. The second kappa shape index (κ2) is 17.4. The second-order valence-electron chi connectivity index (χ2n) is 9.59. The monoisotopic (exact) mass is 507 g/mol. The molecule has 2 heterocycles. The van der Waals surface area contributed by atoms with Gasteiger partial charge < -0.3 is 20.1 Å². The molecular formula is C27H45N3O6. The van der Waals surface area contributed by atoms with E-state index in [1.165, 1.54) is 57.2 Å². The van der Waals surface area contributed by atoms with E-state index >= 15 is 0 Å². The van der Waals surface area contributed by atoms with Gasteiger partial charge in [-0.15, -0.1) is 0 Å².